The first kappa shape index (κ1) is 34.5. The molecule has 0 aliphatic heterocycles. The number of aryl methyl sites for hydroxylation is 1. The van der Waals surface area contributed by atoms with Crippen molar-refractivity contribution >= 4 is 64.8 Å². The minimum atomic E-state index is -4.93. The van der Waals surface area contributed by atoms with Crippen LogP contribution < -0.4 is 16.0 Å². The van der Waals surface area contributed by atoms with Crippen molar-refractivity contribution in [3.8, 4) is 11.4 Å². The van der Waals surface area contributed by atoms with Gasteiger partial charge in [-0.15, -0.1) is 15.3 Å². The van der Waals surface area contributed by atoms with Crippen molar-refractivity contribution in [1.29, 1.82) is 0 Å². The van der Waals surface area contributed by atoms with E-state index in [1.54, 1.807) is 0 Å². The van der Waals surface area contributed by atoms with Crippen LogP contribution in [-0.2, 0) is 30.4 Å². The van der Waals surface area contributed by atoms with E-state index in [0.29, 0.717) is 16.8 Å². The summed E-state index contributed by atoms with van der Waals surface area (Å²) in [6.07, 6.45) is 0. The molecule has 7 N–H and O–H groups in total. The van der Waals surface area contributed by atoms with Crippen molar-refractivity contribution in [2.45, 2.75) is 21.6 Å². The summed E-state index contributed by atoms with van der Waals surface area (Å²) in [6, 6.07) is 7.67. The number of carboxylic acids is 1. The third-order valence-electron chi connectivity index (χ3n) is 6.11. The molecular formula is C24H21N7O13S3. The highest BCUT2D eigenvalue weighted by molar-refractivity contribution is 7.86. The van der Waals surface area contributed by atoms with E-state index in [1.165, 1.54) is 32.2 Å². The first-order valence-corrected chi connectivity index (χ1v) is 16.6. The van der Waals surface area contributed by atoms with Crippen molar-refractivity contribution < 1.29 is 53.5 Å². The van der Waals surface area contributed by atoms with Crippen LogP contribution in [0.15, 0.2) is 88.5 Å². The molecule has 248 valence electrons. The molecule has 1 heterocycles. The number of azo groups is 2. The van der Waals surface area contributed by atoms with Crippen LogP contribution in [0.3, 0.4) is 0 Å². The standard InChI is InChI=1S/C24H21N7O13S3/c1-11-7-15(18(44-2)10-14(11)26-28-16-9-13(45(35,36)37)4-6-19(16)46(38,39)40)27-29-21-22(24(33)34)30-31(23(21)32)17-5-3-12(25)8-20(17)47(41,42)43/h3-10,30H,25H2,1-2H3,(H,33,34)(H,35,36,37)(H,38,39,40)(H,41,42,43). The molecule has 0 aliphatic rings. The van der Waals surface area contributed by atoms with Gasteiger partial charge in [-0.05, 0) is 55.0 Å². The maximum atomic E-state index is 13.2. The number of carbonyl (C=O) groups is 1. The molecule has 0 unspecified atom stereocenters. The number of nitrogens with two attached hydrogens (primary N) is 1. The van der Waals surface area contributed by atoms with Gasteiger partial charge >= 0.3 is 5.97 Å². The summed E-state index contributed by atoms with van der Waals surface area (Å²) in [4.78, 5) is 22.7. The number of nitrogens with zero attached hydrogens (tertiary/aromatic N) is 5. The fourth-order valence-corrected chi connectivity index (χ4v) is 5.75. The smallest absolute Gasteiger partial charge is 0.356 e. The van der Waals surface area contributed by atoms with E-state index >= 15 is 0 Å². The second-order valence-corrected chi connectivity index (χ2v) is 13.5. The zero-order chi connectivity index (χ0) is 35.1. The van der Waals surface area contributed by atoms with Crippen LogP contribution in [0.25, 0.3) is 5.69 Å². The highest BCUT2D eigenvalue weighted by Crippen LogP contribution is 2.37. The zero-order valence-corrected chi connectivity index (χ0v) is 26.1. The van der Waals surface area contributed by atoms with Crippen LogP contribution in [0.1, 0.15) is 16.1 Å². The van der Waals surface area contributed by atoms with E-state index in [9.17, 15) is 53.6 Å². The third kappa shape index (κ3) is 7.40. The lowest BCUT2D eigenvalue weighted by Crippen LogP contribution is -2.17. The predicted molar refractivity (Wildman–Crippen MR) is 160 cm³/mol. The summed E-state index contributed by atoms with van der Waals surface area (Å²) in [5, 5.41) is 27.1. The summed E-state index contributed by atoms with van der Waals surface area (Å²) < 4.78 is 105. The average molecular weight is 712 g/mol. The van der Waals surface area contributed by atoms with E-state index in [-0.39, 0.29) is 28.4 Å². The maximum Gasteiger partial charge on any atom is 0.356 e. The molecule has 0 spiro atoms. The van der Waals surface area contributed by atoms with Crippen molar-refractivity contribution in [3.63, 3.8) is 0 Å². The molecule has 0 saturated heterocycles. The summed E-state index contributed by atoms with van der Waals surface area (Å²) >= 11 is 0. The first-order valence-electron chi connectivity index (χ1n) is 12.3. The van der Waals surface area contributed by atoms with Gasteiger partial charge in [-0.3, -0.25) is 23.6 Å². The van der Waals surface area contributed by atoms with Crippen LogP contribution in [-0.4, -0.2) is 66.9 Å². The number of benzene rings is 3. The molecule has 4 rings (SSSR count). The van der Waals surface area contributed by atoms with Gasteiger partial charge in [0.1, 0.15) is 26.9 Å². The van der Waals surface area contributed by atoms with Gasteiger partial charge in [0.15, 0.2) is 11.4 Å². The van der Waals surface area contributed by atoms with E-state index in [0.717, 1.165) is 18.2 Å². The van der Waals surface area contributed by atoms with E-state index in [2.05, 4.69) is 25.6 Å². The number of anilines is 1. The lowest BCUT2D eigenvalue weighted by atomic mass is 10.1. The Kier molecular flexibility index (Phi) is 9.16. The van der Waals surface area contributed by atoms with Gasteiger partial charge in [-0.1, -0.05) is 0 Å². The maximum absolute atomic E-state index is 13.2. The van der Waals surface area contributed by atoms with E-state index in [4.69, 9.17) is 10.5 Å². The number of ether oxygens (including phenoxy) is 1. The number of carboxylic acid groups (broad SMARTS) is 1. The number of H-pyrrole nitrogens is 1. The Morgan fingerprint density at radius 3 is 2.00 bits per heavy atom. The minimum absolute atomic E-state index is 0.00401. The highest BCUT2D eigenvalue weighted by Gasteiger charge is 2.25. The fraction of sp³-hybridized carbons (Fsp3) is 0.0833. The van der Waals surface area contributed by atoms with Gasteiger partial charge in [0.25, 0.3) is 35.9 Å². The van der Waals surface area contributed by atoms with Crippen LogP contribution in [0.4, 0.5) is 28.4 Å². The second-order valence-electron chi connectivity index (χ2n) is 9.27. The normalized spacial score (nSPS) is 12.6. The Bertz CT molecular complexity index is 2400. The molecule has 0 saturated carbocycles. The Labute approximate surface area is 264 Å². The quantitative estimate of drug-likeness (QED) is 0.0781. The number of hydrogen-bond donors (Lipinski definition) is 6. The minimum Gasteiger partial charge on any atom is -0.494 e. The molecule has 47 heavy (non-hydrogen) atoms. The molecular weight excluding hydrogens is 691 g/mol. The summed E-state index contributed by atoms with van der Waals surface area (Å²) in [5.74, 6) is -1.77. The molecule has 23 heteroatoms. The SMILES string of the molecule is COc1cc(N=Nc2cc(S(=O)(=O)O)ccc2S(=O)(=O)O)c(C)cc1N=Nc1c(C(=O)O)[nH]n(-c2ccc(N)cc2S(=O)(=O)O)c1=O. The number of aromatic nitrogens is 2. The van der Waals surface area contributed by atoms with Gasteiger partial charge in [-0.2, -0.15) is 30.4 Å². The number of rotatable bonds is 10. The lowest BCUT2D eigenvalue weighted by molar-refractivity contribution is 0.0690. The number of hydrogen-bond acceptors (Lipinski definition) is 14. The zero-order valence-electron chi connectivity index (χ0n) is 23.6. The molecule has 4 aromatic rings. The van der Waals surface area contributed by atoms with Gasteiger partial charge in [0.05, 0.1) is 23.4 Å². The van der Waals surface area contributed by atoms with Crippen LogP contribution in [0, 0.1) is 6.92 Å². The molecule has 0 atom stereocenters. The number of methoxy groups -OCH3 is 1. The van der Waals surface area contributed by atoms with E-state index < -0.39 is 79.3 Å². The van der Waals surface area contributed by atoms with Crippen molar-refractivity contribution in [2.24, 2.45) is 20.5 Å². The molecule has 0 aliphatic carbocycles. The largest absolute Gasteiger partial charge is 0.494 e. The number of aromatic carboxylic acids is 1. The van der Waals surface area contributed by atoms with E-state index in [1.807, 2.05) is 0 Å². The van der Waals surface area contributed by atoms with Crippen LogP contribution in [0.5, 0.6) is 5.75 Å². The first-order chi connectivity index (χ1) is 21.7. The topological polar surface area (TPSA) is 323 Å². The van der Waals surface area contributed by atoms with Gasteiger partial charge < -0.3 is 15.6 Å². The Morgan fingerprint density at radius 2 is 1.43 bits per heavy atom. The van der Waals surface area contributed by atoms with Gasteiger partial charge in [0, 0.05) is 11.8 Å². The van der Waals surface area contributed by atoms with Gasteiger partial charge in [0.2, 0.25) is 0 Å². The molecule has 20 nitrogen and oxygen atoms in total. The highest BCUT2D eigenvalue weighted by atomic mass is 32.2. The average Bonchev–Trinajstić information content (AvgIpc) is 3.29. The van der Waals surface area contributed by atoms with Crippen LogP contribution in [0.2, 0.25) is 0 Å². The number of aromatic amines is 1. The second kappa shape index (κ2) is 12.5. The Hall–Kier alpha value is -5.33. The summed E-state index contributed by atoms with van der Waals surface area (Å²) in [5.41, 5.74) is 1.78. The summed E-state index contributed by atoms with van der Waals surface area (Å²) in [7, 11) is -13.4. The molecule has 1 aromatic heterocycles. The van der Waals surface area contributed by atoms with Crippen molar-refractivity contribution in [3.05, 3.63) is 70.1 Å². The van der Waals surface area contributed by atoms with Crippen molar-refractivity contribution in [1.82, 2.24) is 9.78 Å². The Balaban J connectivity index is 1.80. The third-order valence-corrected chi connectivity index (χ3v) is 8.74. The Morgan fingerprint density at radius 1 is 0.809 bits per heavy atom. The van der Waals surface area contributed by atoms with Crippen molar-refractivity contribution in [2.75, 3.05) is 12.8 Å². The molecule has 0 radical (unpaired) electrons. The molecule has 0 bridgehead atoms. The molecule has 0 fully saturated rings. The number of nitrogens with one attached hydrogen (secondary N) is 1. The lowest BCUT2D eigenvalue weighted by Gasteiger charge is -2.08. The summed E-state index contributed by atoms with van der Waals surface area (Å²) in [6.45, 7) is 1.47. The molecule has 3 aromatic carbocycles. The predicted octanol–water partition coefficient (Wildman–Crippen LogP) is 3.33. The van der Waals surface area contributed by atoms with Crippen LogP contribution >= 0.6 is 0 Å². The monoisotopic (exact) mass is 711 g/mol. The fourth-order valence-electron chi connectivity index (χ4n) is 3.94. The molecule has 0 amide bonds. The number of nitrogen functional groups attached to an aromatic ring is 1. The van der Waals surface area contributed by atoms with Gasteiger partial charge in [-0.25, -0.2) is 9.48 Å².